The van der Waals surface area contributed by atoms with Crippen LogP contribution < -0.4 is 37.6 Å². The lowest BCUT2D eigenvalue weighted by Gasteiger charge is -2.42. The van der Waals surface area contributed by atoms with Crippen molar-refractivity contribution in [1.29, 1.82) is 5.41 Å². The van der Waals surface area contributed by atoms with Crippen LogP contribution in [0.15, 0.2) is 79.6 Å². The van der Waals surface area contributed by atoms with Crippen molar-refractivity contribution in [3.05, 3.63) is 104 Å². The molecule has 2 aliphatic heterocycles. The average molecular weight is 1160 g/mol. The number of fused-ring (bicyclic) bond motifs is 1. The fourth-order valence-electron chi connectivity index (χ4n) is 7.35. The third-order valence-electron chi connectivity index (χ3n) is 11.0. The van der Waals surface area contributed by atoms with E-state index in [0.29, 0.717) is 11.3 Å². The van der Waals surface area contributed by atoms with Gasteiger partial charge in [0.1, 0.15) is 51.7 Å². The van der Waals surface area contributed by atoms with Crippen molar-refractivity contribution in [3.63, 3.8) is 0 Å². The van der Waals surface area contributed by atoms with Gasteiger partial charge in [0.15, 0.2) is 0 Å². The number of imide groups is 1. The standard InChI is InChI=1S/C47H51Br2F2N11O12/c1-24(58-33(63)12-15-71-18-19-72-17-14-61-44(67)36(48)37(49)45(61)68)42(65)59-25(2)43(66)60-30-10-4-26(5-11-30)22-74-46(69)56-13-16-73-47(70)62-32-21-29(51)20-31(40(54)64)34(32)38(53)35(41(55-3)57-23-52)39(62)27-6-8-28(50)9-7-27/h4-11,20-21,23-25,35,39,53H,12-19,22H2,1-3H3,(H2,54,64)(H,56,69)(H,58,63)(H,59,65)(H,60,66)(H2,52,55,57)/t24-,25-,35-,39+/m0/s1. The number of aliphatic imine (C=N–C) groups is 2. The van der Waals surface area contributed by atoms with Crippen molar-refractivity contribution < 1.29 is 66.1 Å². The average Bonchev–Trinajstić information content (AvgIpc) is 3.55. The molecular formula is C47H51Br2F2N11O12. The first-order valence-electron chi connectivity index (χ1n) is 22.4. The van der Waals surface area contributed by atoms with Crippen molar-refractivity contribution in [3.8, 4) is 0 Å². The summed E-state index contributed by atoms with van der Waals surface area (Å²) >= 11 is 6.10. The van der Waals surface area contributed by atoms with E-state index in [0.717, 1.165) is 40.4 Å². The van der Waals surface area contributed by atoms with Crippen molar-refractivity contribution in [2.45, 2.75) is 45.0 Å². The van der Waals surface area contributed by atoms with Crippen LogP contribution in [0.4, 0.5) is 29.7 Å². The third-order valence-corrected chi connectivity index (χ3v) is 13.0. The van der Waals surface area contributed by atoms with Gasteiger partial charge >= 0.3 is 12.2 Å². The number of benzene rings is 3. The number of ether oxygens (including phenoxy) is 4. The number of primary amides is 1. The number of alkyl carbamates (subject to hydrolysis) is 1. The van der Waals surface area contributed by atoms with Gasteiger partial charge in [-0.2, -0.15) is 0 Å². The highest BCUT2D eigenvalue weighted by Crippen LogP contribution is 2.45. The summed E-state index contributed by atoms with van der Waals surface area (Å²) in [6.45, 7) is 2.42. The molecule has 0 aromatic heterocycles. The number of nitrogens with two attached hydrogens (primary N) is 2. The van der Waals surface area contributed by atoms with Gasteiger partial charge in [0.05, 0.1) is 74.8 Å². The summed E-state index contributed by atoms with van der Waals surface area (Å²) in [5.41, 5.74) is 11.1. The topological polar surface area (TPSA) is 329 Å². The number of carbonyl (C=O) groups is 8. The molecule has 3 aromatic rings. The van der Waals surface area contributed by atoms with E-state index >= 15 is 4.39 Å². The van der Waals surface area contributed by atoms with Gasteiger partial charge in [-0.25, -0.2) is 23.4 Å². The molecule has 0 radical (unpaired) electrons. The molecule has 74 heavy (non-hydrogen) atoms. The summed E-state index contributed by atoms with van der Waals surface area (Å²) in [5, 5.41) is 19.3. The third kappa shape index (κ3) is 14.8. The molecule has 2 aliphatic rings. The minimum atomic E-state index is -1.27. The Morgan fingerprint density at radius 3 is 2.09 bits per heavy atom. The maximum atomic E-state index is 15.1. The number of halogens is 4. The second-order valence-electron chi connectivity index (χ2n) is 16.0. The van der Waals surface area contributed by atoms with E-state index in [2.05, 4.69) is 63.1 Å². The number of hydrogen-bond acceptors (Lipinski definition) is 14. The van der Waals surface area contributed by atoms with Crippen molar-refractivity contribution in [2.24, 2.45) is 27.4 Å². The molecule has 0 saturated carbocycles. The van der Waals surface area contributed by atoms with Crippen LogP contribution in [0.25, 0.3) is 0 Å². The van der Waals surface area contributed by atoms with E-state index in [9.17, 15) is 48.2 Å². The van der Waals surface area contributed by atoms with Crippen molar-refractivity contribution >= 4 is 109 Å². The van der Waals surface area contributed by atoms with Crippen LogP contribution in [-0.4, -0.2) is 136 Å². The number of amides is 8. The Bertz CT molecular complexity index is 2720. The maximum absolute atomic E-state index is 15.1. The lowest BCUT2D eigenvalue weighted by molar-refractivity contribution is -0.138. The Balaban J connectivity index is 1.04. The number of anilines is 2. The van der Waals surface area contributed by atoms with Crippen LogP contribution in [0.5, 0.6) is 0 Å². The quantitative estimate of drug-likeness (QED) is 0.0329. The van der Waals surface area contributed by atoms with Gasteiger partial charge in [0, 0.05) is 24.7 Å². The highest BCUT2D eigenvalue weighted by Gasteiger charge is 2.47. The molecule has 9 N–H and O–H groups in total. The van der Waals surface area contributed by atoms with Gasteiger partial charge in [-0.3, -0.25) is 43.6 Å². The summed E-state index contributed by atoms with van der Waals surface area (Å²) in [5.74, 6) is -6.59. The second kappa shape index (κ2) is 27.0. The number of amidine groups is 1. The number of rotatable bonds is 22. The number of nitrogens with zero attached hydrogens (tertiary/aromatic N) is 4. The largest absolute Gasteiger partial charge is 0.447 e. The van der Waals surface area contributed by atoms with E-state index in [4.69, 9.17) is 30.4 Å². The summed E-state index contributed by atoms with van der Waals surface area (Å²) < 4.78 is 51.1. The zero-order valence-electron chi connectivity index (χ0n) is 39.9. The lowest BCUT2D eigenvalue weighted by atomic mass is 9.78. The molecule has 27 heteroatoms. The predicted molar refractivity (Wildman–Crippen MR) is 271 cm³/mol. The fraction of sp³-hybridized carbons (Fsp3) is 0.340. The van der Waals surface area contributed by atoms with Crippen LogP contribution in [0, 0.1) is 23.0 Å². The highest BCUT2D eigenvalue weighted by atomic mass is 79.9. The van der Waals surface area contributed by atoms with E-state index in [1.807, 2.05) is 0 Å². The maximum Gasteiger partial charge on any atom is 0.414 e. The van der Waals surface area contributed by atoms with Gasteiger partial charge in [0.25, 0.3) is 11.8 Å². The molecule has 0 fully saturated rings. The molecular weight excluding hydrogens is 1110 g/mol. The normalized spacial score (nSPS) is 16.4. The molecule has 0 unspecified atom stereocenters. The first kappa shape index (κ1) is 57.4. The minimum absolute atomic E-state index is 0.0284. The van der Waals surface area contributed by atoms with E-state index in [1.54, 1.807) is 12.1 Å². The van der Waals surface area contributed by atoms with Gasteiger partial charge < -0.3 is 57.1 Å². The molecule has 23 nitrogen and oxygen atoms in total. The van der Waals surface area contributed by atoms with Gasteiger partial charge in [-0.05, 0) is 93.2 Å². The smallest absolute Gasteiger partial charge is 0.414 e. The molecule has 3 aromatic carbocycles. The fourth-order valence-corrected chi connectivity index (χ4v) is 8.12. The lowest BCUT2D eigenvalue weighted by Crippen LogP contribution is -2.50. The first-order chi connectivity index (χ1) is 35.3. The van der Waals surface area contributed by atoms with Gasteiger partial charge in [-0.15, -0.1) is 0 Å². The van der Waals surface area contributed by atoms with Crippen LogP contribution in [0.3, 0.4) is 0 Å². The highest BCUT2D eigenvalue weighted by molar-refractivity contribution is 9.14. The monoisotopic (exact) mass is 1160 g/mol. The molecule has 0 saturated heterocycles. The molecule has 0 bridgehead atoms. The van der Waals surface area contributed by atoms with E-state index in [-0.39, 0.29) is 89.9 Å². The SMILES string of the molecule is CN=C(N=CN)[C@H]1C(=N)c2c(C(N)=O)cc(F)cc2N(C(=O)OCCNC(=O)OCc2ccc(NC(=O)[C@H](C)NC(=O)[C@H](C)NC(=O)CCOCCOCCN3C(=O)C(Br)=C(Br)C3=O)cc2)[C@@H]1c1ccc(F)cc1. The summed E-state index contributed by atoms with van der Waals surface area (Å²) in [7, 11) is 1.35. The van der Waals surface area contributed by atoms with Crippen LogP contribution in [0.1, 0.15) is 53.4 Å². The summed E-state index contributed by atoms with van der Waals surface area (Å²) in [6, 6.07) is 9.60. The number of hydrogen-bond donors (Lipinski definition) is 7. The Labute approximate surface area is 438 Å². The molecule has 4 atom stereocenters. The number of carbonyl (C=O) groups excluding carboxylic acids is 8. The van der Waals surface area contributed by atoms with E-state index < -0.39 is 95.5 Å². The molecule has 0 aliphatic carbocycles. The Kier molecular flexibility index (Phi) is 20.9. The molecule has 394 valence electrons. The Morgan fingerprint density at radius 1 is 0.838 bits per heavy atom. The minimum Gasteiger partial charge on any atom is -0.447 e. The number of nitrogens with one attached hydrogen (secondary N) is 5. The van der Waals surface area contributed by atoms with Crippen molar-refractivity contribution in [2.75, 3.05) is 63.4 Å². The van der Waals surface area contributed by atoms with Crippen LogP contribution in [0.2, 0.25) is 0 Å². The second-order valence-corrected chi connectivity index (χ2v) is 17.6. The molecule has 2 heterocycles. The Hall–Kier alpha value is -7.49. The van der Waals surface area contributed by atoms with Crippen LogP contribution >= 0.6 is 31.9 Å². The molecule has 8 amide bonds. The predicted octanol–water partition coefficient (Wildman–Crippen LogP) is 3.43. The van der Waals surface area contributed by atoms with Crippen molar-refractivity contribution in [1.82, 2.24) is 20.9 Å². The molecule has 0 spiro atoms. The van der Waals surface area contributed by atoms with Gasteiger partial charge in [0.2, 0.25) is 23.6 Å². The zero-order valence-corrected chi connectivity index (χ0v) is 43.1. The van der Waals surface area contributed by atoms with E-state index in [1.165, 1.54) is 45.2 Å². The molecule has 5 rings (SSSR count). The summed E-state index contributed by atoms with van der Waals surface area (Å²) in [4.78, 5) is 111. The Morgan fingerprint density at radius 2 is 1.47 bits per heavy atom. The van der Waals surface area contributed by atoms with Gasteiger partial charge in [-0.1, -0.05) is 24.3 Å². The first-order valence-corrected chi connectivity index (χ1v) is 24.0. The summed E-state index contributed by atoms with van der Waals surface area (Å²) in [6.07, 6.45) is -1.16. The van der Waals surface area contributed by atoms with Crippen LogP contribution in [-0.2, 0) is 49.5 Å². The zero-order chi connectivity index (χ0) is 54.2.